The van der Waals surface area contributed by atoms with E-state index >= 15 is 0 Å². The molecule has 0 aromatic heterocycles. The highest BCUT2D eigenvalue weighted by molar-refractivity contribution is 5.82. The Bertz CT molecular complexity index is 444. The summed E-state index contributed by atoms with van der Waals surface area (Å²) in [7, 11) is 0. The van der Waals surface area contributed by atoms with Gasteiger partial charge in [0.05, 0.1) is 6.61 Å². The van der Waals surface area contributed by atoms with Gasteiger partial charge in [-0.1, -0.05) is 18.2 Å². The molecular formula is C14H17NO2. The van der Waals surface area contributed by atoms with E-state index in [2.05, 4.69) is 23.1 Å². The lowest BCUT2D eigenvalue weighted by molar-refractivity contribution is -0.145. The number of ether oxygens (including phenoxy) is 1. The first-order valence-corrected chi connectivity index (χ1v) is 6.33. The number of para-hydroxylation sites is 1. The van der Waals surface area contributed by atoms with E-state index in [1.807, 2.05) is 13.0 Å². The third kappa shape index (κ3) is 1.61. The third-order valence-electron chi connectivity index (χ3n) is 3.85. The molecular weight excluding hydrogens is 214 g/mol. The number of esters is 1. The normalized spacial score (nSPS) is 25.6. The molecule has 0 radical (unpaired) electrons. The number of piperidine rings is 1. The van der Waals surface area contributed by atoms with Crippen LogP contribution in [-0.4, -0.2) is 25.2 Å². The minimum absolute atomic E-state index is 0.0632. The fraction of sp³-hybridized carbons (Fsp3) is 0.500. The molecule has 0 aliphatic carbocycles. The molecule has 2 bridgehead atoms. The first-order valence-electron chi connectivity index (χ1n) is 6.33. The zero-order valence-corrected chi connectivity index (χ0v) is 10.1. The lowest BCUT2D eigenvalue weighted by Crippen LogP contribution is -2.51. The second kappa shape index (κ2) is 4.06. The van der Waals surface area contributed by atoms with E-state index in [4.69, 9.17) is 4.74 Å². The lowest BCUT2D eigenvalue weighted by Gasteiger charge is -2.46. The van der Waals surface area contributed by atoms with Crippen LogP contribution in [0.25, 0.3) is 0 Å². The number of fused-ring (bicyclic) bond motifs is 2. The Morgan fingerprint density at radius 2 is 2.29 bits per heavy atom. The number of hydrogen-bond donors (Lipinski definition) is 0. The van der Waals surface area contributed by atoms with Crippen LogP contribution < -0.4 is 4.90 Å². The average molecular weight is 231 g/mol. The highest BCUT2D eigenvalue weighted by Gasteiger charge is 2.41. The molecule has 0 spiro atoms. The van der Waals surface area contributed by atoms with Gasteiger partial charge in [-0.25, -0.2) is 4.79 Å². The van der Waals surface area contributed by atoms with Gasteiger partial charge < -0.3 is 9.64 Å². The smallest absolute Gasteiger partial charge is 0.328 e. The molecule has 4 rings (SSSR count). The van der Waals surface area contributed by atoms with Crippen LogP contribution in [0.4, 0.5) is 5.69 Å². The summed E-state index contributed by atoms with van der Waals surface area (Å²) < 4.78 is 5.17. The minimum atomic E-state index is -0.0661. The van der Waals surface area contributed by atoms with Crippen LogP contribution in [0.3, 0.4) is 0 Å². The van der Waals surface area contributed by atoms with Gasteiger partial charge in [0.2, 0.25) is 0 Å². The Labute approximate surface area is 101 Å². The maximum Gasteiger partial charge on any atom is 0.328 e. The molecule has 3 heteroatoms. The molecule has 2 unspecified atom stereocenters. The van der Waals surface area contributed by atoms with Crippen molar-refractivity contribution in [2.45, 2.75) is 31.7 Å². The van der Waals surface area contributed by atoms with Crippen molar-refractivity contribution in [3.05, 3.63) is 29.8 Å². The summed E-state index contributed by atoms with van der Waals surface area (Å²) >= 11 is 0. The summed E-state index contributed by atoms with van der Waals surface area (Å²) in [4.78, 5) is 14.1. The Morgan fingerprint density at radius 3 is 3.12 bits per heavy atom. The van der Waals surface area contributed by atoms with Gasteiger partial charge in [-0.15, -0.1) is 0 Å². The van der Waals surface area contributed by atoms with Crippen molar-refractivity contribution in [2.75, 3.05) is 18.1 Å². The maximum absolute atomic E-state index is 11.9. The number of rotatable bonds is 2. The van der Waals surface area contributed by atoms with Gasteiger partial charge in [0.25, 0.3) is 0 Å². The molecule has 3 aliphatic rings. The SMILES string of the molecule is CCOC(=O)C1CC2CCN1c1ccccc12. The first-order chi connectivity index (χ1) is 8.31. The highest BCUT2D eigenvalue weighted by atomic mass is 16.5. The summed E-state index contributed by atoms with van der Waals surface area (Å²) in [5, 5.41) is 0. The minimum Gasteiger partial charge on any atom is -0.464 e. The second-order valence-corrected chi connectivity index (χ2v) is 4.74. The van der Waals surface area contributed by atoms with E-state index in [1.54, 1.807) is 0 Å². The van der Waals surface area contributed by atoms with Gasteiger partial charge in [-0.2, -0.15) is 0 Å². The zero-order valence-electron chi connectivity index (χ0n) is 10.1. The number of anilines is 1. The average Bonchev–Trinajstić information content (AvgIpc) is 2.40. The second-order valence-electron chi connectivity index (χ2n) is 4.74. The van der Waals surface area contributed by atoms with Crippen LogP contribution in [0.15, 0.2) is 24.3 Å². The summed E-state index contributed by atoms with van der Waals surface area (Å²) in [5.41, 5.74) is 2.63. The van der Waals surface area contributed by atoms with Crippen LogP contribution in [-0.2, 0) is 9.53 Å². The number of carbonyl (C=O) groups excluding carboxylic acids is 1. The zero-order chi connectivity index (χ0) is 11.8. The van der Waals surface area contributed by atoms with Crippen molar-refractivity contribution in [2.24, 2.45) is 0 Å². The van der Waals surface area contributed by atoms with Gasteiger partial charge in [-0.05, 0) is 37.3 Å². The van der Waals surface area contributed by atoms with E-state index in [0.717, 1.165) is 19.4 Å². The number of benzene rings is 1. The fourth-order valence-electron chi connectivity index (χ4n) is 3.09. The molecule has 1 saturated heterocycles. The Kier molecular flexibility index (Phi) is 2.54. The predicted molar refractivity (Wildman–Crippen MR) is 66.2 cm³/mol. The molecule has 3 nitrogen and oxygen atoms in total. The summed E-state index contributed by atoms with van der Waals surface area (Å²) in [5.74, 6) is 0.470. The van der Waals surface area contributed by atoms with Crippen LogP contribution in [0.1, 0.15) is 31.2 Å². The Balaban J connectivity index is 1.93. The van der Waals surface area contributed by atoms with E-state index in [9.17, 15) is 4.79 Å². The van der Waals surface area contributed by atoms with E-state index in [1.165, 1.54) is 11.3 Å². The first kappa shape index (κ1) is 10.6. The van der Waals surface area contributed by atoms with Gasteiger partial charge in [0, 0.05) is 12.2 Å². The number of carbonyl (C=O) groups is 1. The largest absolute Gasteiger partial charge is 0.464 e. The van der Waals surface area contributed by atoms with E-state index in [-0.39, 0.29) is 12.0 Å². The van der Waals surface area contributed by atoms with Crippen LogP contribution in [0.5, 0.6) is 0 Å². The van der Waals surface area contributed by atoms with Gasteiger partial charge in [0.1, 0.15) is 6.04 Å². The molecule has 17 heavy (non-hydrogen) atoms. The monoisotopic (exact) mass is 231 g/mol. The Hall–Kier alpha value is -1.51. The molecule has 0 amide bonds. The topological polar surface area (TPSA) is 29.5 Å². The van der Waals surface area contributed by atoms with Crippen LogP contribution in [0, 0.1) is 0 Å². The highest BCUT2D eigenvalue weighted by Crippen LogP contribution is 2.44. The molecule has 2 atom stereocenters. The predicted octanol–water partition coefficient (Wildman–Crippen LogP) is 2.32. The van der Waals surface area contributed by atoms with Crippen molar-refractivity contribution in [3.8, 4) is 0 Å². The number of hydrogen-bond acceptors (Lipinski definition) is 3. The molecule has 1 aromatic rings. The fourth-order valence-corrected chi connectivity index (χ4v) is 3.09. The molecule has 0 saturated carbocycles. The maximum atomic E-state index is 11.9. The summed E-state index contributed by atoms with van der Waals surface area (Å²) in [6, 6.07) is 8.37. The standard InChI is InChI=1S/C14H17NO2/c1-2-17-14(16)13-9-10-7-8-15(13)12-6-4-3-5-11(10)12/h3-6,10,13H,2,7-9H2,1H3. The lowest BCUT2D eigenvalue weighted by atomic mass is 9.79. The third-order valence-corrected chi connectivity index (χ3v) is 3.85. The molecule has 1 fully saturated rings. The molecule has 0 N–H and O–H groups in total. The molecule has 3 aliphatic heterocycles. The van der Waals surface area contributed by atoms with Crippen molar-refractivity contribution in [3.63, 3.8) is 0 Å². The summed E-state index contributed by atoms with van der Waals surface area (Å²) in [6.45, 7) is 3.31. The number of nitrogens with zero attached hydrogens (tertiary/aromatic N) is 1. The van der Waals surface area contributed by atoms with Crippen molar-refractivity contribution < 1.29 is 9.53 Å². The molecule has 90 valence electrons. The van der Waals surface area contributed by atoms with Crippen molar-refractivity contribution in [1.82, 2.24) is 0 Å². The van der Waals surface area contributed by atoms with Crippen LogP contribution >= 0.6 is 0 Å². The quantitative estimate of drug-likeness (QED) is 0.731. The van der Waals surface area contributed by atoms with Gasteiger partial charge in [-0.3, -0.25) is 0 Å². The van der Waals surface area contributed by atoms with Crippen molar-refractivity contribution >= 4 is 11.7 Å². The molecule has 3 heterocycles. The van der Waals surface area contributed by atoms with Crippen molar-refractivity contribution in [1.29, 1.82) is 0 Å². The van der Waals surface area contributed by atoms with Crippen LogP contribution in [0.2, 0.25) is 0 Å². The van der Waals surface area contributed by atoms with E-state index in [0.29, 0.717) is 12.5 Å². The molecule has 1 aromatic carbocycles. The van der Waals surface area contributed by atoms with Gasteiger partial charge >= 0.3 is 5.97 Å². The van der Waals surface area contributed by atoms with Gasteiger partial charge in [0.15, 0.2) is 0 Å². The Morgan fingerprint density at radius 1 is 1.47 bits per heavy atom. The van der Waals surface area contributed by atoms with E-state index < -0.39 is 0 Å². The summed E-state index contributed by atoms with van der Waals surface area (Å²) in [6.07, 6.45) is 2.07.